The Morgan fingerprint density at radius 3 is 2.03 bits per heavy atom. The molecule has 0 unspecified atom stereocenters. The number of hydrogen-bond acceptors (Lipinski definition) is 1. The van der Waals surface area contributed by atoms with Crippen molar-refractivity contribution in [1.29, 1.82) is 0 Å². The molecule has 0 amide bonds. The highest BCUT2D eigenvalue weighted by atomic mass is 19.4. The third kappa shape index (κ3) is 5.86. The number of rotatable bonds is 4. The zero-order valence-corrected chi connectivity index (χ0v) is 15.7. The highest BCUT2D eigenvalue weighted by Gasteiger charge is 2.30. The zero-order valence-electron chi connectivity index (χ0n) is 15.7. The van der Waals surface area contributed by atoms with Crippen LogP contribution < -0.4 is 4.74 Å². The van der Waals surface area contributed by atoms with E-state index in [9.17, 15) is 17.6 Å². The standard InChI is InChI=1S/C24H18F4O/c1-2-3-17-6-11-20(12-7-17)22-15-10-19(16-23(22)25)5-4-18-8-13-21(14-9-18)29-24(26,27)28/h6-16H,2-3H2,1H3. The van der Waals surface area contributed by atoms with Crippen LogP contribution in [0.4, 0.5) is 17.6 Å². The van der Waals surface area contributed by atoms with E-state index in [1.54, 1.807) is 12.1 Å². The van der Waals surface area contributed by atoms with Gasteiger partial charge in [0, 0.05) is 16.7 Å². The predicted octanol–water partition coefficient (Wildman–Crippen LogP) is 6.74. The predicted molar refractivity (Wildman–Crippen MR) is 105 cm³/mol. The Bertz CT molecular complexity index is 1020. The SMILES string of the molecule is CCCc1ccc(-c2ccc(C#Cc3ccc(OC(F)(F)F)cc3)cc2F)cc1. The lowest BCUT2D eigenvalue weighted by Crippen LogP contribution is -2.16. The van der Waals surface area contributed by atoms with Crippen LogP contribution in [0.5, 0.6) is 5.75 Å². The molecule has 0 radical (unpaired) electrons. The molecule has 0 fully saturated rings. The molecule has 0 atom stereocenters. The van der Waals surface area contributed by atoms with E-state index in [4.69, 9.17) is 0 Å². The van der Waals surface area contributed by atoms with E-state index in [0.29, 0.717) is 16.7 Å². The van der Waals surface area contributed by atoms with Crippen molar-refractivity contribution in [2.24, 2.45) is 0 Å². The van der Waals surface area contributed by atoms with E-state index in [0.717, 1.165) is 18.4 Å². The monoisotopic (exact) mass is 398 g/mol. The molecule has 3 aromatic rings. The van der Waals surface area contributed by atoms with E-state index < -0.39 is 6.36 Å². The van der Waals surface area contributed by atoms with Crippen LogP contribution in [0.15, 0.2) is 66.7 Å². The molecule has 0 saturated carbocycles. The van der Waals surface area contributed by atoms with Crippen LogP contribution in [0.1, 0.15) is 30.0 Å². The molecule has 0 aliphatic heterocycles. The summed E-state index contributed by atoms with van der Waals surface area (Å²) < 4.78 is 54.9. The first kappa shape index (κ1) is 20.5. The highest BCUT2D eigenvalue weighted by Crippen LogP contribution is 2.25. The van der Waals surface area contributed by atoms with Crippen LogP contribution in [0.25, 0.3) is 11.1 Å². The second kappa shape index (κ2) is 8.83. The Morgan fingerprint density at radius 1 is 0.828 bits per heavy atom. The lowest BCUT2D eigenvalue weighted by molar-refractivity contribution is -0.274. The summed E-state index contributed by atoms with van der Waals surface area (Å²) in [6.45, 7) is 2.11. The number of ether oxygens (including phenoxy) is 1. The van der Waals surface area contributed by atoms with Gasteiger partial charge in [0.05, 0.1) is 0 Å². The van der Waals surface area contributed by atoms with Crippen molar-refractivity contribution < 1.29 is 22.3 Å². The Labute approximate surface area is 167 Å². The molecule has 0 saturated heterocycles. The van der Waals surface area contributed by atoms with E-state index >= 15 is 0 Å². The van der Waals surface area contributed by atoms with Crippen LogP contribution in [0.2, 0.25) is 0 Å². The van der Waals surface area contributed by atoms with Gasteiger partial charge in [-0.15, -0.1) is 13.2 Å². The molecule has 0 aliphatic rings. The summed E-state index contributed by atoms with van der Waals surface area (Å²) in [4.78, 5) is 0. The van der Waals surface area contributed by atoms with Crippen molar-refractivity contribution in [3.63, 3.8) is 0 Å². The smallest absolute Gasteiger partial charge is 0.406 e. The van der Waals surface area contributed by atoms with Gasteiger partial charge in [-0.1, -0.05) is 55.5 Å². The number of alkyl halides is 3. The van der Waals surface area contributed by atoms with Gasteiger partial charge in [0.25, 0.3) is 0 Å². The van der Waals surface area contributed by atoms with Crippen molar-refractivity contribution >= 4 is 0 Å². The second-order valence-electron chi connectivity index (χ2n) is 6.46. The largest absolute Gasteiger partial charge is 0.573 e. The summed E-state index contributed by atoms with van der Waals surface area (Å²) in [7, 11) is 0. The molecular formula is C24H18F4O. The average molecular weight is 398 g/mol. The minimum atomic E-state index is -4.73. The molecule has 3 aromatic carbocycles. The number of benzene rings is 3. The molecule has 0 heterocycles. The Kier molecular flexibility index (Phi) is 6.23. The van der Waals surface area contributed by atoms with Gasteiger partial charge in [0.2, 0.25) is 0 Å². The molecule has 0 N–H and O–H groups in total. The lowest BCUT2D eigenvalue weighted by Gasteiger charge is -2.08. The minimum Gasteiger partial charge on any atom is -0.406 e. The highest BCUT2D eigenvalue weighted by molar-refractivity contribution is 5.65. The van der Waals surface area contributed by atoms with Crippen LogP contribution in [-0.2, 0) is 6.42 Å². The van der Waals surface area contributed by atoms with E-state index in [1.165, 1.54) is 35.9 Å². The fourth-order valence-electron chi connectivity index (χ4n) is 2.85. The maximum Gasteiger partial charge on any atom is 0.573 e. The molecule has 29 heavy (non-hydrogen) atoms. The Balaban J connectivity index is 1.74. The average Bonchev–Trinajstić information content (AvgIpc) is 2.67. The maximum atomic E-state index is 14.5. The third-order valence-electron chi connectivity index (χ3n) is 4.21. The van der Waals surface area contributed by atoms with Crippen molar-refractivity contribution in [3.8, 4) is 28.7 Å². The molecular weight excluding hydrogens is 380 g/mol. The Morgan fingerprint density at radius 2 is 1.45 bits per heavy atom. The molecule has 3 rings (SSSR count). The number of halogens is 4. The molecule has 0 aromatic heterocycles. The summed E-state index contributed by atoms with van der Waals surface area (Å²) in [6.07, 6.45) is -2.69. The first-order chi connectivity index (χ1) is 13.8. The molecule has 0 bridgehead atoms. The fraction of sp³-hybridized carbons (Fsp3) is 0.167. The van der Waals surface area contributed by atoms with E-state index in [1.807, 2.05) is 24.3 Å². The van der Waals surface area contributed by atoms with Crippen molar-refractivity contribution in [3.05, 3.63) is 89.2 Å². The summed E-state index contributed by atoms with van der Waals surface area (Å²) in [5.74, 6) is 4.93. The van der Waals surface area contributed by atoms with Crippen molar-refractivity contribution in [2.75, 3.05) is 0 Å². The minimum absolute atomic E-state index is 0.316. The fourth-order valence-corrected chi connectivity index (χ4v) is 2.85. The number of hydrogen-bond donors (Lipinski definition) is 0. The van der Waals surface area contributed by atoms with Crippen LogP contribution in [0.3, 0.4) is 0 Å². The van der Waals surface area contributed by atoms with Gasteiger partial charge in [0.15, 0.2) is 0 Å². The third-order valence-corrected chi connectivity index (χ3v) is 4.21. The zero-order chi connectivity index (χ0) is 20.9. The van der Waals surface area contributed by atoms with E-state index in [2.05, 4.69) is 23.5 Å². The van der Waals surface area contributed by atoms with Crippen LogP contribution in [0, 0.1) is 17.7 Å². The van der Waals surface area contributed by atoms with Gasteiger partial charge in [-0.2, -0.15) is 0 Å². The Hall–Kier alpha value is -3.26. The van der Waals surface area contributed by atoms with Gasteiger partial charge < -0.3 is 4.74 Å². The van der Waals surface area contributed by atoms with Crippen molar-refractivity contribution in [2.45, 2.75) is 26.1 Å². The summed E-state index contributed by atoms with van der Waals surface area (Å²) in [6, 6.07) is 17.7. The van der Waals surface area contributed by atoms with Crippen molar-refractivity contribution in [1.82, 2.24) is 0 Å². The quantitative estimate of drug-likeness (QED) is 0.349. The first-order valence-corrected chi connectivity index (χ1v) is 9.11. The summed E-state index contributed by atoms with van der Waals surface area (Å²) in [5.41, 5.74) is 3.47. The van der Waals surface area contributed by atoms with Gasteiger partial charge >= 0.3 is 6.36 Å². The second-order valence-corrected chi connectivity index (χ2v) is 6.46. The summed E-state index contributed by atoms with van der Waals surface area (Å²) in [5, 5.41) is 0. The molecule has 0 spiro atoms. The van der Waals surface area contributed by atoms with Gasteiger partial charge in [-0.05, 0) is 53.9 Å². The van der Waals surface area contributed by atoms with Crippen LogP contribution >= 0.6 is 0 Å². The summed E-state index contributed by atoms with van der Waals surface area (Å²) >= 11 is 0. The van der Waals surface area contributed by atoms with Gasteiger partial charge in [-0.25, -0.2) is 4.39 Å². The molecule has 5 heteroatoms. The molecule has 148 valence electrons. The topological polar surface area (TPSA) is 9.23 Å². The lowest BCUT2D eigenvalue weighted by atomic mass is 10.0. The van der Waals surface area contributed by atoms with Crippen LogP contribution in [-0.4, -0.2) is 6.36 Å². The molecule has 0 aliphatic carbocycles. The maximum absolute atomic E-state index is 14.5. The number of aryl methyl sites for hydroxylation is 1. The molecule has 1 nitrogen and oxygen atoms in total. The first-order valence-electron chi connectivity index (χ1n) is 9.11. The van der Waals surface area contributed by atoms with E-state index in [-0.39, 0.29) is 11.6 Å². The van der Waals surface area contributed by atoms with Gasteiger partial charge in [-0.3, -0.25) is 0 Å². The van der Waals surface area contributed by atoms with Gasteiger partial charge in [0.1, 0.15) is 11.6 Å². The normalized spacial score (nSPS) is 10.9.